The Bertz CT molecular complexity index is 502. The third-order valence-corrected chi connectivity index (χ3v) is 2.49. The largest absolute Gasteiger partial charge is 0.495 e. The number of hydrogen-bond acceptors (Lipinski definition) is 3. The van der Waals surface area contributed by atoms with Crippen LogP contribution in [-0.4, -0.2) is 17.2 Å². The van der Waals surface area contributed by atoms with E-state index in [1.165, 1.54) is 19.4 Å². The molecule has 0 spiro atoms. The van der Waals surface area contributed by atoms with E-state index in [4.69, 9.17) is 4.74 Å². The molecule has 1 heterocycles. The molecule has 1 N–H and O–H groups in total. The van der Waals surface area contributed by atoms with Crippen molar-refractivity contribution in [1.82, 2.24) is 4.98 Å². The highest BCUT2D eigenvalue weighted by molar-refractivity contribution is 5.38. The summed E-state index contributed by atoms with van der Waals surface area (Å²) in [7, 11) is 1.45. The quantitative estimate of drug-likeness (QED) is 0.827. The molecule has 88 valence electrons. The van der Waals surface area contributed by atoms with Gasteiger partial charge < -0.3 is 9.84 Å². The number of benzene rings is 1. The van der Waals surface area contributed by atoms with Crippen LogP contribution in [-0.2, 0) is 0 Å². The molecule has 3 nitrogen and oxygen atoms in total. The lowest BCUT2D eigenvalue weighted by Gasteiger charge is -2.14. The van der Waals surface area contributed by atoms with Crippen LogP contribution >= 0.6 is 0 Å². The molecule has 0 aliphatic rings. The molecule has 0 saturated carbocycles. The summed E-state index contributed by atoms with van der Waals surface area (Å²) in [4.78, 5) is 3.48. The van der Waals surface area contributed by atoms with Gasteiger partial charge in [-0.1, -0.05) is 30.3 Å². The zero-order chi connectivity index (χ0) is 12.3. The van der Waals surface area contributed by atoms with Crippen LogP contribution < -0.4 is 4.74 Å². The lowest BCUT2D eigenvalue weighted by Crippen LogP contribution is -2.04. The summed E-state index contributed by atoms with van der Waals surface area (Å²) in [6.45, 7) is 0. The van der Waals surface area contributed by atoms with Crippen LogP contribution in [0.5, 0.6) is 5.75 Å². The predicted octanol–water partition coefficient (Wildman–Crippen LogP) is 2.31. The molecular formula is C13H12FNO2. The maximum Gasteiger partial charge on any atom is 0.213 e. The fourth-order valence-corrected chi connectivity index (χ4v) is 1.63. The topological polar surface area (TPSA) is 42.4 Å². The number of nitrogens with zero attached hydrogens (tertiary/aromatic N) is 1. The second-order valence-electron chi connectivity index (χ2n) is 3.56. The van der Waals surface area contributed by atoms with E-state index < -0.39 is 12.1 Å². The van der Waals surface area contributed by atoms with Crippen molar-refractivity contribution in [3.63, 3.8) is 0 Å². The van der Waals surface area contributed by atoms with Gasteiger partial charge in [0.25, 0.3) is 0 Å². The fourth-order valence-electron chi connectivity index (χ4n) is 1.63. The van der Waals surface area contributed by atoms with E-state index in [0.29, 0.717) is 16.9 Å². The minimum atomic E-state index is -0.927. The van der Waals surface area contributed by atoms with Crippen molar-refractivity contribution in [2.45, 2.75) is 6.10 Å². The zero-order valence-corrected chi connectivity index (χ0v) is 9.30. The number of aromatic nitrogens is 1. The van der Waals surface area contributed by atoms with Gasteiger partial charge in [-0.25, -0.2) is 4.98 Å². The molecule has 0 bridgehead atoms. The second kappa shape index (κ2) is 4.93. The van der Waals surface area contributed by atoms with Gasteiger partial charge in [0.05, 0.1) is 13.3 Å². The Kier molecular flexibility index (Phi) is 3.35. The SMILES string of the molecule is COc1cnc(F)cc1C(O)c1ccccc1. The summed E-state index contributed by atoms with van der Waals surface area (Å²) < 4.78 is 18.1. The minimum Gasteiger partial charge on any atom is -0.495 e. The summed E-state index contributed by atoms with van der Waals surface area (Å²) in [5, 5.41) is 10.2. The highest BCUT2D eigenvalue weighted by Crippen LogP contribution is 2.29. The van der Waals surface area contributed by atoms with Crippen molar-refractivity contribution >= 4 is 0 Å². The van der Waals surface area contributed by atoms with E-state index in [2.05, 4.69) is 4.98 Å². The van der Waals surface area contributed by atoms with Crippen LogP contribution in [0.15, 0.2) is 42.6 Å². The van der Waals surface area contributed by atoms with Crippen molar-refractivity contribution in [3.05, 3.63) is 59.7 Å². The third kappa shape index (κ3) is 2.42. The van der Waals surface area contributed by atoms with Gasteiger partial charge >= 0.3 is 0 Å². The molecule has 17 heavy (non-hydrogen) atoms. The highest BCUT2D eigenvalue weighted by atomic mass is 19.1. The normalized spacial score (nSPS) is 12.2. The second-order valence-corrected chi connectivity index (χ2v) is 3.56. The van der Waals surface area contributed by atoms with Gasteiger partial charge in [-0.3, -0.25) is 0 Å². The minimum absolute atomic E-state index is 0.364. The van der Waals surface area contributed by atoms with E-state index in [9.17, 15) is 9.50 Å². The van der Waals surface area contributed by atoms with Crippen molar-refractivity contribution in [2.24, 2.45) is 0 Å². The monoisotopic (exact) mass is 233 g/mol. The Morgan fingerprint density at radius 3 is 2.65 bits per heavy atom. The summed E-state index contributed by atoms with van der Waals surface area (Å²) in [5.41, 5.74) is 1.04. The van der Waals surface area contributed by atoms with Crippen LogP contribution in [0.2, 0.25) is 0 Å². The summed E-state index contributed by atoms with van der Waals surface area (Å²) in [6, 6.07) is 10.2. The first-order valence-electron chi connectivity index (χ1n) is 5.15. The van der Waals surface area contributed by atoms with Crippen LogP contribution in [0.1, 0.15) is 17.2 Å². The number of pyridine rings is 1. The van der Waals surface area contributed by atoms with Crippen LogP contribution in [0.4, 0.5) is 4.39 Å². The molecule has 0 fully saturated rings. The Labute approximate surface area is 98.5 Å². The summed E-state index contributed by atoms with van der Waals surface area (Å²) >= 11 is 0. The van der Waals surface area contributed by atoms with Crippen molar-refractivity contribution in [1.29, 1.82) is 0 Å². The lowest BCUT2D eigenvalue weighted by molar-refractivity contribution is 0.213. The smallest absolute Gasteiger partial charge is 0.213 e. The molecule has 1 unspecified atom stereocenters. The van der Waals surface area contributed by atoms with Gasteiger partial charge in [0, 0.05) is 11.6 Å². The molecule has 1 aromatic carbocycles. The Hall–Kier alpha value is -1.94. The molecule has 2 rings (SSSR count). The molecule has 2 aromatic rings. The molecule has 0 saturated heterocycles. The summed E-state index contributed by atoms with van der Waals surface area (Å²) in [6.07, 6.45) is 0.334. The van der Waals surface area contributed by atoms with E-state index in [0.717, 1.165) is 0 Å². The molecule has 0 radical (unpaired) electrons. The van der Waals surface area contributed by atoms with Gasteiger partial charge in [0.2, 0.25) is 5.95 Å². The molecule has 0 aliphatic heterocycles. The first kappa shape index (κ1) is 11.5. The number of aliphatic hydroxyl groups is 1. The van der Waals surface area contributed by atoms with Crippen LogP contribution in [0, 0.1) is 5.95 Å². The molecular weight excluding hydrogens is 221 g/mol. The standard InChI is InChI=1S/C13H12FNO2/c1-17-11-8-15-12(14)7-10(11)13(16)9-5-3-2-4-6-9/h2-8,13,16H,1H3. The molecule has 1 aromatic heterocycles. The average molecular weight is 233 g/mol. The number of aliphatic hydroxyl groups excluding tert-OH is 1. The first-order chi connectivity index (χ1) is 8.22. The van der Waals surface area contributed by atoms with Gasteiger partial charge in [0.1, 0.15) is 11.9 Å². The van der Waals surface area contributed by atoms with Gasteiger partial charge in [-0.15, -0.1) is 0 Å². The summed E-state index contributed by atoms with van der Waals surface area (Å²) in [5.74, 6) is -0.279. The highest BCUT2D eigenvalue weighted by Gasteiger charge is 2.16. The van der Waals surface area contributed by atoms with Gasteiger partial charge in [-0.05, 0) is 5.56 Å². The number of ether oxygens (including phenoxy) is 1. The van der Waals surface area contributed by atoms with Crippen molar-refractivity contribution in [2.75, 3.05) is 7.11 Å². The van der Waals surface area contributed by atoms with E-state index in [1.807, 2.05) is 18.2 Å². The fraction of sp³-hybridized carbons (Fsp3) is 0.154. The molecule has 0 amide bonds. The van der Waals surface area contributed by atoms with E-state index in [-0.39, 0.29) is 0 Å². The van der Waals surface area contributed by atoms with E-state index >= 15 is 0 Å². The predicted molar refractivity (Wildman–Crippen MR) is 61.3 cm³/mol. The molecule has 1 atom stereocenters. The van der Waals surface area contributed by atoms with E-state index in [1.54, 1.807) is 12.1 Å². The van der Waals surface area contributed by atoms with Crippen molar-refractivity contribution in [3.8, 4) is 5.75 Å². The van der Waals surface area contributed by atoms with Gasteiger partial charge in [0.15, 0.2) is 0 Å². The van der Waals surface area contributed by atoms with Crippen molar-refractivity contribution < 1.29 is 14.2 Å². The molecule has 0 aliphatic carbocycles. The third-order valence-electron chi connectivity index (χ3n) is 2.49. The Morgan fingerprint density at radius 2 is 2.00 bits per heavy atom. The van der Waals surface area contributed by atoms with Gasteiger partial charge in [-0.2, -0.15) is 4.39 Å². The zero-order valence-electron chi connectivity index (χ0n) is 9.30. The number of rotatable bonds is 3. The van der Waals surface area contributed by atoms with Crippen LogP contribution in [0.3, 0.4) is 0 Å². The maximum atomic E-state index is 13.1. The average Bonchev–Trinajstić information content (AvgIpc) is 2.39. The number of hydrogen-bond donors (Lipinski definition) is 1. The maximum absolute atomic E-state index is 13.1. The Morgan fingerprint density at radius 1 is 1.29 bits per heavy atom. The lowest BCUT2D eigenvalue weighted by atomic mass is 10.0. The molecule has 4 heteroatoms. The number of halogens is 1. The Balaban J connectivity index is 2.43. The van der Waals surface area contributed by atoms with Crippen LogP contribution in [0.25, 0.3) is 0 Å². The first-order valence-corrected chi connectivity index (χ1v) is 5.15. The number of methoxy groups -OCH3 is 1.